The number of fused-ring (bicyclic) bond motifs is 5. The van der Waals surface area contributed by atoms with Crippen LogP contribution < -0.4 is 10.7 Å². The second-order valence-electron chi connectivity index (χ2n) is 8.61. The van der Waals surface area contributed by atoms with Crippen molar-refractivity contribution in [1.82, 2.24) is 25.2 Å². The lowest BCUT2D eigenvalue weighted by molar-refractivity contribution is -0.126. The molecule has 0 radical (unpaired) electrons. The molecule has 164 valence electrons. The predicted octanol–water partition coefficient (Wildman–Crippen LogP) is 2.26. The summed E-state index contributed by atoms with van der Waals surface area (Å²) in [6.07, 6.45) is 2.85. The van der Waals surface area contributed by atoms with Gasteiger partial charge in [0.25, 0.3) is 5.91 Å². The van der Waals surface area contributed by atoms with Gasteiger partial charge in [0.1, 0.15) is 12.0 Å². The molecule has 1 saturated carbocycles. The van der Waals surface area contributed by atoms with Crippen molar-refractivity contribution in [1.29, 1.82) is 0 Å². The van der Waals surface area contributed by atoms with Crippen molar-refractivity contribution in [2.75, 3.05) is 12.4 Å². The summed E-state index contributed by atoms with van der Waals surface area (Å²) in [4.78, 5) is 26.4. The molecule has 1 saturated heterocycles. The van der Waals surface area contributed by atoms with Gasteiger partial charge >= 0.3 is 0 Å². The minimum atomic E-state index is -0.517. The second kappa shape index (κ2) is 7.30. The fourth-order valence-corrected chi connectivity index (χ4v) is 5.24. The van der Waals surface area contributed by atoms with Crippen molar-refractivity contribution in [3.63, 3.8) is 0 Å². The Kier molecular flexibility index (Phi) is 4.39. The van der Waals surface area contributed by atoms with E-state index in [9.17, 15) is 9.18 Å². The molecule has 2 fully saturated rings. The van der Waals surface area contributed by atoms with Crippen molar-refractivity contribution in [2.45, 2.75) is 44.1 Å². The normalized spacial score (nSPS) is 26.6. The Morgan fingerprint density at radius 1 is 1.16 bits per heavy atom. The van der Waals surface area contributed by atoms with E-state index in [1.165, 1.54) is 6.07 Å². The number of guanidine groups is 1. The number of nitrogens with one attached hydrogen (secondary N) is 2. The number of anilines is 1. The van der Waals surface area contributed by atoms with Gasteiger partial charge in [0.2, 0.25) is 11.9 Å². The molecule has 6 rings (SSSR count). The lowest BCUT2D eigenvalue weighted by Crippen LogP contribution is -2.62. The van der Waals surface area contributed by atoms with Gasteiger partial charge in [-0.15, -0.1) is 0 Å². The highest BCUT2D eigenvalue weighted by Crippen LogP contribution is 2.41. The molecule has 1 unspecified atom stereocenters. The van der Waals surface area contributed by atoms with Crippen LogP contribution in [0.2, 0.25) is 0 Å². The van der Waals surface area contributed by atoms with Gasteiger partial charge in [0.15, 0.2) is 0 Å². The lowest BCUT2D eigenvalue weighted by atomic mass is 10.1. The summed E-state index contributed by atoms with van der Waals surface area (Å²) < 4.78 is 13.8. The Labute approximate surface area is 185 Å². The minimum absolute atomic E-state index is 0.0920. The Bertz CT molecular complexity index is 1130. The molecule has 9 heteroatoms. The number of hydrogen-bond acceptors (Lipinski definition) is 7. The Morgan fingerprint density at radius 2 is 2.00 bits per heavy atom. The molecule has 4 aliphatic rings. The van der Waals surface area contributed by atoms with Crippen LogP contribution in [0.4, 0.5) is 10.1 Å². The summed E-state index contributed by atoms with van der Waals surface area (Å²) in [6, 6.07) is 15.0. The van der Waals surface area contributed by atoms with E-state index < -0.39 is 5.95 Å². The first-order chi connectivity index (χ1) is 15.6. The summed E-state index contributed by atoms with van der Waals surface area (Å²) in [5.41, 5.74) is 5.49. The molecule has 2 N–H and O–H groups in total. The van der Waals surface area contributed by atoms with Crippen LogP contribution in [0.15, 0.2) is 64.9 Å². The number of amides is 1. The van der Waals surface area contributed by atoms with E-state index in [0.717, 1.165) is 30.9 Å². The van der Waals surface area contributed by atoms with E-state index in [-0.39, 0.29) is 24.2 Å². The zero-order chi connectivity index (χ0) is 21.8. The van der Waals surface area contributed by atoms with Crippen LogP contribution in [0, 0.1) is 5.95 Å². The van der Waals surface area contributed by atoms with Crippen molar-refractivity contribution < 1.29 is 9.18 Å². The molecule has 1 aliphatic carbocycles. The molecule has 3 aliphatic heterocycles. The quantitative estimate of drug-likeness (QED) is 0.721. The van der Waals surface area contributed by atoms with Crippen LogP contribution in [-0.4, -0.2) is 57.0 Å². The third kappa shape index (κ3) is 2.96. The average Bonchev–Trinajstić information content (AvgIpc) is 3.46. The number of hydrogen-bond donors (Lipinski definition) is 2. The summed E-state index contributed by atoms with van der Waals surface area (Å²) >= 11 is 0. The van der Waals surface area contributed by atoms with Crippen LogP contribution in [0.5, 0.6) is 0 Å². The van der Waals surface area contributed by atoms with Gasteiger partial charge in [0.05, 0.1) is 29.9 Å². The standard InChI is InChI=1S/C23H24FN7O/c1-29-22(32)19-20(26-14-7-3-2-4-8-14)28-30(13-15-9-5-12-18(24)25-15)21(19)31-17-11-6-10-16(17)27-23(29)31/h2-5,7-9,12,16-17,21,26,28H,6,10-11,13H2,1H3/t16-,17+,21?/m1/s1. The van der Waals surface area contributed by atoms with Gasteiger partial charge in [-0.1, -0.05) is 24.3 Å². The van der Waals surface area contributed by atoms with Crippen molar-refractivity contribution >= 4 is 17.6 Å². The van der Waals surface area contributed by atoms with Gasteiger partial charge < -0.3 is 15.6 Å². The molecular formula is C23H24FN7O. The first-order valence-electron chi connectivity index (χ1n) is 11.0. The molecule has 4 heterocycles. The number of aliphatic imine (C=N–C) groups is 1. The van der Waals surface area contributed by atoms with Crippen molar-refractivity contribution in [3.8, 4) is 0 Å². The smallest absolute Gasteiger partial charge is 0.263 e. The first-order valence-corrected chi connectivity index (χ1v) is 11.0. The molecule has 3 atom stereocenters. The monoisotopic (exact) mass is 433 g/mol. The van der Waals surface area contributed by atoms with Crippen LogP contribution in [-0.2, 0) is 11.3 Å². The van der Waals surface area contributed by atoms with E-state index >= 15 is 0 Å². The topological polar surface area (TPSA) is 76.1 Å². The number of aromatic nitrogens is 1. The molecule has 0 spiro atoms. The Balaban J connectivity index is 1.42. The molecule has 0 bridgehead atoms. The number of likely N-dealkylation sites (N-methyl/N-ethyl adjacent to an activating group) is 1. The Hall–Kier alpha value is -3.46. The number of carbonyl (C=O) groups is 1. The highest BCUT2D eigenvalue weighted by molar-refractivity contribution is 6.10. The number of para-hydroxylation sites is 1. The number of benzene rings is 1. The summed E-state index contributed by atoms with van der Waals surface area (Å²) in [5.74, 6) is 0.746. The predicted molar refractivity (Wildman–Crippen MR) is 117 cm³/mol. The molecular weight excluding hydrogens is 409 g/mol. The molecule has 8 nitrogen and oxygen atoms in total. The fourth-order valence-electron chi connectivity index (χ4n) is 5.24. The number of nitrogens with zero attached hydrogens (tertiary/aromatic N) is 5. The molecule has 1 aromatic carbocycles. The van der Waals surface area contributed by atoms with E-state index in [2.05, 4.69) is 20.6 Å². The van der Waals surface area contributed by atoms with Gasteiger partial charge in [0, 0.05) is 12.7 Å². The SMILES string of the molecule is CN1C(=O)C2=C(Nc3ccccc3)NN(Cc3cccc(F)n3)C2N2C1=N[C@@H]1CCC[C@@H]12. The summed E-state index contributed by atoms with van der Waals surface area (Å²) in [6.45, 7) is 0.337. The van der Waals surface area contributed by atoms with Crippen molar-refractivity contribution in [3.05, 3.63) is 71.6 Å². The van der Waals surface area contributed by atoms with E-state index in [1.54, 1.807) is 24.1 Å². The maximum absolute atomic E-state index is 13.8. The van der Waals surface area contributed by atoms with E-state index in [1.807, 2.05) is 35.3 Å². The number of pyridine rings is 1. The first kappa shape index (κ1) is 19.2. The third-order valence-electron chi connectivity index (χ3n) is 6.64. The summed E-state index contributed by atoms with van der Waals surface area (Å²) in [5, 5.41) is 5.34. The molecule has 1 amide bonds. The second-order valence-corrected chi connectivity index (χ2v) is 8.61. The number of halogens is 1. The highest BCUT2D eigenvalue weighted by atomic mass is 19.1. The van der Waals surface area contributed by atoms with E-state index in [0.29, 0.717) is 23.6 Å². The average molecular weight is 433 g/mol. The Morgan fingerprint density at radius 3 is 2.81 bits per heavy atom. The fraction of sp³-hybridized carbons (Fsp3) is 0.348. The van der Waals surface area contributed by atoms with Crippen LogP contribution in [0.25, 0.3) is 0 Å². The molecule has 1 aromatic heterocycles. The van der Waals surface area contributed by atoms with Gasteiger partial charge in [-0.25, -0.2) is 9.98 Å². The van der Waals surface area contributed by atoms with E-state index in [4.69, 9.17) is 4.99 Å². The molecule has 32 heavy (non-hydrogen) atoms. The number of rotatable bonds is 4. The summed E-state index contributed by atoms with van der Waals surface area (Å²) in [7, 11) is 1.79. The maximum atomic E-state index is 13.8. The van der Waals surface area contributed by atoms with Crippen LogP contribution >= 0.6 is 0 Å². The zero-order valence-electron chi connectivity index (χ0n) is 17.7. The largest absolute Gasteiger partial charge is 0.341 e. The third-order valence-corrected chi connectivity index (χ3v) is 6.64. The van der Waals surface area contributed by atoms with Gasteiger partial charge in [-0.2, -0.15) is 9.40 Å². The van der Waals surface area contributed by atoms with Gasteiger partial charge in [-0.3, -0.25) is 9.69 Å². The highest BCUT2D eigenvalue weighted by Gasteiger charge is 2.55. The van der Waals surface area contributed by atoms with Crippen LogP contribution in [0.1, 0.15) is 25.0 Å². The molecule has 2 aromatic rings. The number of hydrazine groups is 1. The van der Waals surface area contributed by atoms with Gasteiger partial charge in [-0.05, 0) is 43.5 Å². The maximum Gasteiger partial charge on any atom is 0.263 e. The van der Waals surface area contributed by atoms with Crippen LogP contribution in [0.3, 0.4) is 0 Å². The minimum Gasteiger partial charge on any atom is -0.341 e. The van der Waals surface area contributed by atoms with Crippen molar-refractivity contribution in [2.24, 2.45) is 4.99 Å². The number of carbonyl (C=O) groups excluding carboxylic acids is 1. The lowest BCUT2D eigenvalue weighted by Gasteiger charge is -2.43. The zero-order valence-corrected chi connectivity index (χ0v) is 17.7.